The number of rotatable bonds is 6. The Kier molecular flexibility index (Phi) is 7.02. The van der Waals surface area contributed by atoms with Gasteiger partial charge in [-0.3, -0.25) is 9.98 Å². The van der Waals surface area contributed by atoms with Crippen molar-refractivity contribution in [1.29, 1.82) is 0 Å². The largest absolute Gasteiger partial charge is 0.433 e. The monoisotopic (exact) mass is 472 g/mol. The van der Waals surface area contributed by atoms with Crippen LogP contribution in [0.4, 0.5) is 18.9 Å². The molecule has 0 saturated carbocycles. The molecule has 0 spiro atoms. The van der Waals surface area contributed by atoms with Gasteiger partial charge in [-0.15, -0.1) is 0 Å². The quantitative estimate of drug-likeness (QED) is 0.623. The topological polar surface area (TPSA) is 57.5 Å². The van der Waals surface area contributed by atoms with Crippen LogP contribution < -0.4 is 4.90 Å². The zero-order valence-electron chi connectivity index (χ0n) is 20.1. The van der Waals surface area contributed by atoms with Crippen LogP contribution in [0.5, 0.6) is 0 Å². The van der Waals surface area contributed by atoms with Crippen LogP contribution >= 0.6 is 0 Å². The molecule has 2 aliphatic rings. The molecule has 1 fully saturated rings. The van der Waals surface area contributed by atoms with Crippen molar-refractivity contribution >= 4 is 17.0 Å². The summed E-state index contributed by atoms with van der Waals surface area (Å²) in [6.07, 6.45) is 1.44. The summed E-state index contributed by atoms with van der Waals surface area (Å²) in [7, 11) is 4.24. The molecule has 182 valence electrons. The van der Waals surface area contributed by atoms with Gasteiger partial charge in [0.15, 0.2) is 0 Å². The fourth-order valence-electron chi connectivity index (χ4n) is 4.60. The number of anilines is 1. The summed E-state index contributed by atoms with van der Waals surface area (Å²) >= 11 is 0. The summed E-state index contributed by atoms with van der Waals surface area (Å²) < 4.78 is 40.8. The van der Waals surface area contributed by atoms with E-state index < -0.39 is 11.9 Å². The summed E-state index contributed by atoms with van der Waals surface area (Å²) in [5.74, 6) is 0.377. The smallest absolute Gasteiger partial charge is 0.370 e. The normalized spacial score (nSPS) is 17.8. The number of hydrogen-bond donors (Lipinski definition) is 0. The average Bonchev–Trinajstić information content (AvgIpc) is 3.26. The highest BCUT2D eigenvalue weighted by Gasteiger charge is 2.42. The molecular formula is C25H31F3N6. The van der Waals surface area contributed by atoms with Crippen LogP contribution in [0.15, 0.2) is 41.2 Å². The molecule has 2 aromatic rings. The van der Waals surface area contributed by atoms with E-state index in [4.69, 9.17) is 0 Å². The summed E-state index contributed by atoms with van der Waals surface area (Å²) in [6, 6.07) is 6.14. The molecule has 4 rings (SSSR count). The molecule has 0 aromatic carbocycles. The van der Waals surface area contributed by atoms with Crippen molar-refractivity contribution in [2.45, 2.75) is 45.3 Å². The van der Waals surface area contributed by atoms with Crippen LogP contribution in [0, 0.1) is 5.92 Å². The van der Waals surface area contributed by atoms with Crippen LogP contribution in [-0.2, 0) is 6.42 Å². The molecule has 0 unspecified atom stereocenters. The summed E-state index contributed by atoms with van der Waals surface area (Å²) in [5.41, 5.74) is 2.02. The molecular weight excluding hydrogens is 441 g/mol. The van der Waals surface area contributed by atoms with Gasteiger partial charge in [0.25, 0.3) is 0 Å². The van der Waals surface area contributed by atoms with Crippen molar-refractivity contribution in [3.05, 3.63) is 53.4 Å². The Morgan fingerprint density at radius 2 is 1.82 bits per heavy atom. The zero-order chi connectivity index (χ0) is 24.5. The minimum Gasteiger partial charge on any atom is -0.370 e. The van der Waals surface area contributed by atoms with Gasteiger partial charge in [-0.2, -0.15) is 13.2 Å². The fourth-order valence-corrected chi connectivity index (χ4v) is 4.60. The lowest BCUT2D eigenvalue weighted by atomic mass is 9.94. The second kappa shape index (κ2) is 9.82. The first-order valence-corrected chi connectivity index (χ1v) is 11.7. The second-order valence-electron chi connectivity index (χ2n) is 9.44. The molecule has 0 radical (unpaired) electrons. The van der Waals surface area contributed by atoms with Crippen molar-refractivity contribution in [3.63, 3.8) is 0 Å². The molecule has 34 heavy (non-hydrogen) atoms. The molecule has 9 heteroatoms. The van der Waals surface area contributed by atoms with Gasteiger partial charge in [-0.25, -0.2) is 9.97 Å². The predicted molar refractivity (Wildman–Crippen MR) is 128 cm³/mol. The molecule has 2 aliphatic heterocycles. The maximum atomic E-state index is 13.6. The lowest BCUT2D eigenvalue weighted by Crippen LogP contribution is -2.42. The SMILES string of the molecule is CC(C)C1=C(c2ccnc(Cc3ccc(N4CCC(N(C)C)CC4)cn3)n2)C(C(F)(F)F)=NC1. The number of aliphatic imine (C=N–C) groups is 1. The highest BCUT2D eigenvalue weighted by Crippen LogP contribution is 2.36. The molecule has 6 nitrogen and oxygen atoms in total. The first-order chi connectivity index (χ1) is 16.1. The highest BCUT2D eigenvalue weighted by molar-refractivity contribution is 6.28. The molecule has 0 aliphatic carbocycles. The lowest BCUT2D eigenvalue weighted by molar-refractivity contribution is -0.0571. The third-order valence-corrected chi connectivity index (χ3v) is 6.60. The van der Waals surface area contributed by atoms with Gasteiger partial charge in [0.1, 0.15) is 11.5 Å². The highest BCUT2D eigenvalue weighted by atomic mass is 19.4. The number of piperidine rings is 1. The fraction of sp³-hybridized carbons (Fsp3) is 0.520. The van der Waals surface area contributed by atoms with Crippen LogP contribution in [0.1, 0.15) is 43.9 Å². The molecule has 0 atom stereocenters. The van der Waals surface area contributed by atoms with Crippen LogP contribution in [0.25, 0.3) is 5.57 Å². The lowest BCUT2D eigenvalue weighted by Gasteiger charge is -2.36. The zero-order valence-corrected chi connectivity index (χ0v) is 20.1. The third kappa shape index (κ3) is 5.29. The van der Waals surface area contributed by atoms with Crippen molar-refractivity contribution in [1.82, 2.24) is 19.9 Å². The summed E-state index contributed by atoms with van der Waals surface area (Å²) in [6.45, 7) is 5.79. The van der Waals surface area contributed by atoms with Gasteiger partial charge in [-0.05, 0) is 56.6 Å². The van der Waals surface area contributed by atoms with Crippen molar-refractivity contribution in [2.24, 2.45) is 10.9 Å². The van der Waals surface area contributed by atoms with E-state index in [-0.39, 0.29) is 23.7 Å². The Labute approximate surface area is 198 Å². The second-order valence-corrected chi connectivity index (χ2v) is 9.44. The Bertz CT molecular complexity index is 1060. The minimum absolute atomic E-state index is 0.0516. The van der Waals surface area contributed by atoms with E-state index in [1.54, 1.807) is 0 Å². The number of pyridine rings is 1. The van der Waals surface area contributed by atoms with Crippen molar-refractivity contribution in [3.8, 4) is 0 Å². The molecule has 1 saturated heterocycles. The van der Waals surface area contributed by atoms with E-state index in [2.05, 4.69) is 43.8 Å². The van der Waals surface area contributed by atoms with Crippen LogP contribution in [-0.4, -0.2) is 71.5 Å². The van der Waals surface area contributed by atoms with Crippen LogP contribution in [0.3, 0.4) is 0 Å². The Morgan fingerprint density at radius 1 is 1.09 bits per heavy atom. The van der Waals surface area contributed by atoms with Crippen LogP contribution in [0.2, 0.25) is 0 Å². The van der Waals surface area contributed by atoms with E-state index in [1.165, 1.54) is 12.3 Å². The number of halogens is 3. The number of hydrogen-bond acceptors (Lipinski definition) is 6. The minimum atomic E-state index is -4.52. The van der Waals surface area contributed by atoms with Gasteiger partial charge in [-0.1, -0.05) is 13.8 Å². The first kappa shape index (κ1) is 24.3. The number of nitrogens with zero attached hydrogens (tertiary/aromatic N) is 6. The first-order valence-electron chi connectivity index (χ1n) is 11.7. The van der Waals surface area contributed by atoms with E-state index >= 15 is 0 Å². The third-order valence-electron chi connectivity index (χ3n) is 6.60. The molecule has 0 bridgehead atoms. The number of alkyl halides is 3. The Balaban J connectivity index is 1.50. The molecule has 2 aromatic heterocycles. The average molecular weight is 473 g/mol. The predicted octanol–water partition coefficient (Wildman–Crippen LogP) is 4.42. The number of aromatic nitrogens is 3. The van der Waals surface area contributed by atoms with E-state index in [1.807, 2.05) is 32.2 Å². The standard InChI is InChI=1S/C25H31F3N6/c1-16(2)20-15-31-24(25(26,27)28)23(20)21-7-10-29-22(32-21)13-17-5-6-19(14-30-17)34-11-8-18(9-12-34)33(3)4/h5-7,10,14,16,18H,8-9,11-13,15H2,1-4H3. The van der Waals surface area contributed by atoms with E-state index in [9.17, 15) is 13.2 Å². The molecule has 0 N–H and O–H groups in total. The van der Waals surface area contributed by atoms with E-state index in [0.29, 0.717) is 23.9 Å². The number of allylic oxidation sites excluding steroid dienone is 1. The van der Waals surface area contributed by atoms with Gasteiger partial charge in [0.2, 0.25) is 0 Å². The summed E-state index contributed by atoms with van der Waals surface area (Å²) in [5, 5.41) is 0. The maximum absolute atomic E-state index is 13.6. The maximum Gasteiger partial charge on any atom is 0.433 e. The van der Waals surface area contributed by atoms with E-state index in [0.717, 1.165) is 37.3 Å². The molecule has 4 heterocycles. The van der Waals surface area contributed by atoms with Gasteiger partial charge < -0.3 is 9.80 Å². The van der Waals surface area contributed by atoms with Gasteiger partial charge >= 0.3 is 6.18 Å². The van der Waals surface area contributed by atoms with Crippen molar-refractivity contribution < 1.29 is 13.2 Å². The Hall–Kier alpha value is -2.81. The van der Waals surface area contributed by atoms with Gasteiger partial charge in [0, 0.05) is 36.6 Å². The van der Waals surface area contributed by atoms with Gasteiger partial charge in [0.05, 0.1) is 30.5 Å². The Morgan fingerprint density at radius 3 is 2.41 bits per heavy atom. The van der Waals surface area contributed by atoms with Crippen molar-refractivity contribution in [2.75, 3.05) is 38.6 Å². The molecule has 0 amide bonds. The summed E-state index contributed by atoms with van der Waals surface area (Å²) in [4.78, 5) is 21.8.